The van der Waals surface area contributed by atoms with E-state index in [1.165, 1.54) is 16.7 Å². The van der Waals surface area contributed by atoms with E-state index in [4.69, 9.17) is 17.3 Å². The second kappa shape index (κ2) is 5.94. The summed E-state index contributed by atoms with van der Waals surface area (Å²) in [4.78, 5) is 24.5. The molecule has 5 nitrogen and oxygen atoms in total. The average molecular weight is 256 g/mol. The Morgan fingerprint density at radius 2 is 2.35 bits per heavy atom. The lowest BCUT2D eigenvalue weighted by Gasteiger charge is -2.28. The molecule has 17 heavy (non-hydrogen) atoms. The van der Waals surface area contributed by atoms with Gasteiger partial charge in [0.2, 0.25) is 5.91 Å². The zero-order valence-corrected chi connectivity index (χ0v) is 10.4. The highest BCUT2D eigenvalue weighted by Gasteiger charge is 2.41. The number of carbonyl (C=O) groups excluding carboxylic acids is 1. The Balaban J connectivity index is 2.85. The maximum absolute atomic E-state index is 12.0. The van der Waals surface area contributed by atoms with E-state index in [2.05, 4.69) is 5.92 Å². The normalized spacial score (nSPS) is 25.4. The van der Waals surface area contributed by atoms with E-state index in [1.807, 2.05) is 6.92 Å². The van der Waals surface area contributed by atoms with Crippen LogP contribution in [0.4, 0.5) is 0 Å². The highest BCUT2D eigenvalue weighted by Crippen LogP contribution is 2.31. The molecule has 1 amide bonds. The van der Waals surface area contributed by atoms with Crippen LogP contribution in [0.1, 0.15) is 19.8 Å². The van der Waals surface area contributed by atoms with Crippen LogP contribution in [0.2, 0.25) is 0 Å². The number of hydrogen-bond acceptors (Lipinski definition) is 4. The van der Waals surface area contributed by atoms with Crippen LogP contribution in [-0.4, -0.2) is 45.1 Å². The highest BCUT2D eigenvalue weighted by molar-refractivity contribution is 8.00. The van der Waals surface area contributed by atoms with Crippen molar-refractivity contribution >= 4 is 23.6 Å². The van der Waals surface area contributed by atoms with Crippen molar-refractivity contribution in [2.45, 2.75) is 37.2 Å². The fourth-order valence-electron chi connectivity index (χ4n) is 1.77. The molecule has 0 aliphatic carbocycles. The van der Waals surface area contributed by atoms with Crippen LogP contribution in [-0.2, 0) is 9.59 Å². The average Bonchev–Trinajstić information content (AvgIpc) is 2.71. The van der Waals surface area contributed by atoms with Crippen molar-refractivity contribution in [1.82, 2.24) is 4.90 Å². The maximum atomic E-state index is 12.0. The van der Waals surface area contributed by atoms with Gasteiger partial charge >= 0.3 is 5.97 Å². The Labute approximate surface area is 105 Å². The van der Waals surface area contributed by atoms with Gasteiger partial charge in [-0.15, -0.1) is 24.1 Å². The number of rotatable bonds is 4. The molecule has 3 N–H and O–H groups in total. The minimum atomic E-state index is -0.991. The number of hydrogen-bond donors (Lipinski definition) is 2. The summed E-state index contributed by atoms with van der Waals surface area (Å²) < 4.78 is 0. The van der Waals surface area contributed by atoms with Gasteiger partial charge in [-0.25, -0.2) is 4.79 Å². The number of nitrogens with zero attached hydrogens (tertiary/aromatic N) is 1. The lowest BCUT2D eigenvalue weighted by Crippen LogP contribution is -2.51. The maximum Gasteiger partial charge on any atom is 0.327 e. The number of nitrogens with two attached hydrogens (primary N) is 1. The third-order valence-corrected chi connectivity index (χ3v) is 4.09. The molecule has 0 aromatic rings. The number of carboxylic acids is 1. The summed E-state index contributed by atoms with van der Waals surface area (Å²) in [6, 6.07) is -1.60. The van der Waals surface area contributed by atoms with Crippen molar-refractivity contribution in [2.75, 3.05) is 5.75 Å². The number of carbonyl (C=O) groups is 2. The van der Waals surface area contributed by atoms with Gasteiger partial charge < -0.3 is 15.7 Å². The number of carboxylic acid groups (broad SMARTS) is 1. The quantitative estimate of drug-likeness (QED) is 0.697. The summed E-state index contributed by atoms with van der Waals surface area (Å²) >= 11 is 1.47. The van der Waals surface area contributed by atoms with Gasteiger partial charge in [-0.2, -0.15) is 0 Å². The van der Waals surface area contributed by atoms with E-state index < -0.39 is 18.1 Å². The van der Waals surface area contributed by atoms with Crippen LogP contribution in [0.5, 0.6) is 0 Å². The third-order valence-electron chi connectivity index (χ3n) is 2.64. The molecular formula is C11H16N2O3S. The van der Waals surface area contributed by atoms with Crippen molar-refractivity contribution < 1.29 is 14.7 Å². The van der Waals surface area contributed by atoms with Gasteiger partial charge in [0, 0.05) is 12.2 Å². The van der Waals surface area contributed by atoms with Crippen molar-refractivity contribution in [3.8, 4) is 12.3 Å². The minimum absolute atomic E-state index is 0.118. The summed E-state index contributed by atoms with van der Waals surface area (Å²) in [5, 5.41) is 8.95. The zero-order chi connectivity index (χ0) is 13.0. The molecule has 1 rings (SSSR count). The number of amides is 1. The van der Waals surface area contributed by atoms with E-state index in [1.54, 1.807) is 0 Å². The van der Waals surface area contributed by atoms with Crippen LogP contribution < -0.4 is 5.73 Å². The summed E-state index contributed by atoms with van der Waals surface area (Å²) in [5.74, 6) is 1.37. The van der Waals surface area contributed by atoms with Crippen LogP contribution >= 0.6 is 11.8 Å². The Kier molecular flexibility index (Phi) is 4.85. The van der Waals surface area contributed by atoms with Gasteiger partial charge in [0.1, 0.15) is 6.04 Å². The van der Waals surface area contributed by atoms with E-state index >= 15 is 0 Å². The predicted molar refractivity (Wildman–Crippen MR) is 66.2 cm³/mol. The van der Waals surface area contributed by atoms with E-state index in [-0.39, 0.29) is 17.7 Å². The van der Waals surface area contributed by atoms with Crippen LogP contribution in [0.15, 0.2) is 0 Å². The first-order valence-corrected chi connectivity index (χ1v) is 6.43. The molecule has 3 atom stereocenters. The summed E-state index contributed by atoms with van der Waals surface area (Å²) in [6.07, 6.45) is 5.93. The molecule has 1 aliphatic heterocycles. The second-order valence-corrected chi connectivity index (χ2v) is 5.02. The first-order valence-electron chi connectivity index (χ1n) is 5.38. The predicted octanol–water partition coefficient (Wildman–Crippen LogP) is 0.102. The lowest BCUT2D eigenvalue weighted by molar-refractivity contribution is -0.149. The van der Waals surface area contributed by atoms with E-state index in [0.29, 0.717) is 12.2 Å². The molecule has 1 aliphatic rings. The Bertz CT molecular complexity index is 353. The van der Waals surface area contributed by atoms with Crippen molar-refractivity contribution in [2.24, 2.45) is 5.73 Å². The Morgan fingerprint density at radius 3 is 2.82 bits per heavy atom. The topological polar surface area (TPSA) is 83.6 Å². The summed E-state index contributed by atoms with van der Waals surface area (Å²) in [7, 11) is 0. The van der Waals surface area contributed by atoms with Crippen LogP contribution in [0, 0.1) is 12.3 Å². The smallest absolute Gasteiger partial charge is 0.327 e. The second-order valence-electron chi connectivity index (χ2n) is 3.81. The molecule has 1 fully saturated rings. The largest absolute Gasteiger partial charge is 0.480 e. The Hall–Kier alpha value is -1.19. The molecule has 0 saturated carbocycles. The standard InChI is InChI=1S/C11H16N2O3S/c1-3-5-7(12)10(14)13-8(11(15)16)6-17-9(13)4-2/h1,7-9H,4-6,12H2,2H3,(H,15,16). The molecule has 1 heterocycles. The monoisotopic (exact) mass is 256 g/mol. The van der Waals surface area contributed by atoms with Gasteiger partial charge in [-0.05, 0) is 6.42 Å². The third kappa shape index (κ3) is 2.93. The van der Waals surface area contributed by atoms with Gasteiger partial charge in [-0.1, -0.05) is 6.92 Å². The number of terminal acetylenes is 1. The van der Waals surface area contributed by atoms with Gasteiger partial charge in [0.05, 0.1) is 11.4 Å². The van der Waals surface area contributed by atoms with E-state index in [0.717, 1.165) is 0 Å². The first kappa shape index (κ1) is 13.9. The SMILES string of the molecule is C#CCC(N)C(=O)N1C(CC)SCC1C(=O)O. The van der Waals surface area contributed by atoms with Crippen molar-refractivity contribution in [3.05, 3.63) is 0 Å². The zero-order valence-electron chi connectivity index (χ0n) is 9.63. The van der Waals surface area contributed by atoms with Crippen LogP contribution in [0.3, 0.4) is 0 Å². The van der Waals surface area contributed by atoms with Gasteiger partial charge in [0.15, 0.2) is 0 Å². The molecule has 0 bridgehead atoms. The van der Waals surface area contributed by atoms with Crippen molar-refractivity contribution in [1.29, 1.82) is 0 Å². The first-order chi connectivity index (χ1) is 8.02. The summed E-state index contributed by atoms with van der Waals surface area (Å²) in [5.41, 5.74) is 5.65. The number of thioether (sulfide) groups is 1. The lowest BCUT2D eigenvalue weighted by atomic mass is 10.1. The fourth-order valence-corrected chi connectivity index (χ4v) is 3.12. The molecule has 94 valence electrons. The molecule has 0 aromatic carbocycles. The van der Waals surface area contributed by atoms with Crippen LogP contribution in [0.25, 0.3) is 0 Å². The van der Waals surface area contributed by atoms with E-state index in [9.17, 15) is 9.59 Å². The Morgan fingerprint density at radius 1 is 1.71 bits per heavy atom. The molecule has 6 heteroatoms. The molecule has 3 unspecified atom stereocenters. The fraction of sp³-hybridized carbons (Fsp3) is 0.636. The molecular weight excluding hydrogens is 240 g/mol. The van der Waals surface area contributed by atoms with Gasteiger partial charge in [0.25, 0.3) is 0 Å². The number of aliphatic carboxylic acids is 1. The van der Waals surface area contributed by atoms with Crippen molar-refractivity contribution in [3.63, 3.8) is 0 Å². The van der Waals surface area contributed by atoms with Gasteiger partial charge in [-0.3, -0.25) is 4.79 Å². The molecule has 0 spiro atoms. The summed E-state index contributed by atoms with van der Waals surface area (Å²) in [6.45, 7) is 1.91. The molecule has 0 aromatic heterocycles. The molecule has 0 radical (unpaired) electrons. The molecule has 1 saturated heterocycles. The highest BCUT2D eigenvalue weighted by atomic mass is 32.2. The minimum Gasteiger partial charge on any atom is -0.480 e.